The van der Waals surface area contributed by atoms with Gasteiger partial charge in [-0.05, 0) is 19.1 Å². The van der Waals surface area contributed by atoms with Gasteiger partial charge in [-0.2, -0.15) is 0 Å². The standard InChI is InChI=1S/C11H14FN3O3S2/c1-2-14-9(16)6-15-20(17,18)8-5-3-4-7(12)10(8)11(13)19/h3-5,15H,2,6H2,1H3,(H2,13,19)(H,14,16). The van der Waals surface area contributed by atoms with Gasteiger partial charge in [-0.1, -0.05) is 18.3 Å². The van der Waals surface area contributed by atoms with Gasteiger partial charge in [0.15, 0.2) is 0 Å². The summed E-state index contributed by atoms with van der Waals surface area (Å²) in [5.41, 5.74) is 4.97. The zero-order valence-corrected chi connectivity index (χ0v) is 12.3. The van der Waals surface area contributed by atoms with Crippen LogP contribution in [-0.2, 0) is 14.8 Å². The molecular formula is C11H14FN3O3S2. The molecule has 1 rings (SSSR count). The van der Waals surface area contributed by atoms with E-state index in [9.17, 15) is 17.6 Å². The van der Waals surface area contributed by atoms with Crippen LogP contribution in [0, 0.1) is 5.82 Å². The number of hydrogen-bond acceptors (Lipinski definition) is 4. The summed E-state index contributed by atoms with van der Waals surface area (Å²) in [6.45, 7) is 1.62. The minimum atomic E-state index is -4.09. The van der Waals surface area contributed by atoms with Crippen molar-refractivity contribution in [3.8, 4) is 0 Å². The fourth-order valence-electron chi connectivity index (χ4n) is 1.47. The maximum Gasteiger partial charge on any atom is 0.241 e. The van der Waals surface area contributed by atoms with Crippen LogP contribution in [0.25, 0.3) is 0 Å². The Balaban J connectivity index is 3.08. The van der Waals surface area contributed by atoms with Crippen LogP contribution in [0.1, 0.15) is 12.5 Å². The van der Waals surface area contributed by atoms with Crippen molar-refractivity contribution in [3.63, 3.8) is 0 Å². The molecule has 0 unspecified atom stereocenters. The Kier molecular flexibility index (Phi) is 5.54. The van der Waals surface area contributed by atoms with Crippen LogP contribution in [0.4, 0.5) is 4.39 Å². The van der Waals surface area contributed by atoms with Crippen LogP contribution in [0.2, 0.25) is 0 Å². The summed E-state index contributed by atoms with van der Waals surface area (Å²) in [6.07, 6.45) is 0. The number of carbonyl (C=O) groups excluding carboxylic acids is 1. The molecule has 0 saturated heterocycles. The van der Waals surface area contributed by atoms with E-state index in [0.29, 0.717) is 6.54 Å². The molecule has 4 N–H and O–H groups in total. The van der Waals surface area contributed by atoms with E-state index in [1.54, 1.807) is 6.92 Å². The molecule has 1 amide bonds. The second kappa shape index (κ2) is 6.73. The number of halogens is 1. The SMILES string of the molecule is CCNC(=O)CNS(=O)(=O)c1cccc(F)c1C(N)=S. The van der Waals surface area contributed by atoms with Gasteiger partial charge in [0.25, 0.3) is 0 Å². The number of carbonyl (C=O) groups is 1. The van der Waals surface area contributed by atoms with Crippen LogP contribution >= 0.6 is 12.2 Å². The van der Waals surface area contributed by atoms with Crippen molar-refractivity contribution in [2.24, 2.45) is 5.73 Å². The maximum absolute atomic E-state index is 13.6. The summed E-state index contributed by atoms with van der Waals surface area (Å²) >= 11 is 4.65. The third-order valence-electron chi connectivity index (χ3n) is 2.31. The van der Waals surface area contributed by atoms with Gasteiger partial charge >= 0.3 is 0 Å². The number of likely N-dealkylation sites (N-methyl/N-ethyl adjacent to an activating group) is 1. The highest BCUT2D eigenvalue weighted by atomic mass is 32.2. The van der Waals surface area contributed by atoms with E-state index in [1.807, 2.05) is 0 Å². The number of nitrogens with one attached hydrogen (secondary N) is 2. The molecule has 1 aromatic carbocycles. The van der Waals surface area contributed by atoms with Crippen molar-refractivity contribution in [2.45, 2.75) is 11.8 Å². The maximum atomic E-state index is 13.6. The highest BCUT2D eigenvalue weighted by molar-refractivity contribution is 7.89. The van der Waals surface area contributed by atoms with Crippen molar-refractivity contribution < 1.29 is 17.6 Å². The van der Waals surface area contributed by atoms with E-state index in [2.05, 4.69) is 22.3 Å². The fourth-order valence-corrected chi connectivity index (χ4v) is 2.95. The zero-order chi connectivity index (χ0) is 15.3. The third-order valence-corrected chi connectivity index (χ3v) is 3.96. The molecule has 0 fully saturated rings. The predicted molar refractivity (Wildman–Crippen MR) is 76.2 cm³/mol. The van der Waals surface area contributed by atoms with E-state index < -0.39 is 33.2 Å². The number of benzene rings is 1. The molecule has 0 aliphatic rings. The summed E-state index contributed by atoms with van der Waals surface area (Å²) in [7, 11) is -4.09. The molecule has 0 radical (unpaired) electrons. The summed E-state index contributed by atoms with van der Waals surface area (Å²) in [6, 6.07) is 3.44. The molecule has 0 aromatic heterocycles. The lowest BCUT2D eigenvalue weighted by atomic mass is 10.2. The Morgan fingerprint density at radius 3 is 2.65 bits per heavy atom. The van der Waals surface area contributed by atoms with E-state index in [0.717, 1.165) is 12.1 Å². The number of amides is 1. The third kappa shape index (κ3) is 3.95. The van der Waals surface area contributed by atoms with Gasteiger partial charge < -0.3 is 11.1 Å². The van der Waals surface area contributed by atoms with Crippen molar-refractivity contribution in [2.75, 3.05) is 13.1 Å². The molecule has 0 aliphatic carbocycles. The van der Waals surface area contributed by atoms with Gasteiger partial charge in [-0.15, -0.1) is 0 Å². The lowest BCUT2D eigenvalue weighted by Crippen LogP contribution is -2.37. The van der Waals surface area contributed by atoms with Crippen LogP contribution in [-0.4, -0.2) is 32.4 Å². The quantitative estimate of drug-likeness (QED) is 0.634. The second-order valence-corrected chi connectivity index (χ2v) is 5.93. The number of sulfonamides is 1. The molecule has 0 bridgehead atoms. The van der Waals surface area contributed by atoms with Crippen LogP contribution in [0.15, 0.2) is 23.1 Å². The van der Waals surface area contributed by atoms with Gasteiger partial charge in [0.2, 0.25) is 15.9 Å². The first-order chi connectivity index (χ1) is 9.29. The molecule has 0 atom stereocenters. The van der Waals surface area contributed by atoms with Crippen molar-refractivity contribution in [1.29, 1.82) is 0 Å². The highest BCUT2D eigenvalue weighted by Crippen LogP contribution is 2.18. The van der Waals surface area contributed by atoms with Crippen molar-refractivity contribution in [1.82, 2.24) is 10.0 Å². The van der Waals surface area contributed by atoms with Crippen LogP contribution in [0.5, 0.6) is 0 Å². The normalized spacial score (nSPS) is 11.1. The molecule has 0 aliphatic heterocycles. The molecule has 6 nitrogen and oxygen atoms in total. The number of hydrogen-bond donors (Lipinski definition) is 3. The number of nitrogens with two attached hydrogens (primary N) is 1. The lowest BCUT2D eigenvalue weighted by molar-refractivity contribution is -0.119. The summed E-state index contributed by atoms with van der Waals surface area (Å²) < 4.78 is 39.8. The van der Waals surface area contributed by atoms with E-state index in [-0.39, 0.29) is 10.6 Å². The topological polar surface area (TPSA) is 101 Å². The molecule has 0 spiro atoms. The van der Waals surface area contributed by atoms with Crippen LogP contribution < -0.4 is 15.8 Å². The van der Waals surface area contributed by atoms with Crippen molar-refractivity contribution >= 4 is 33.1 Å². The van der Waals surface area contributed by atoms with Crippen LogP contribution in [0.3, 0.4) is 0 Å². The Labute approximate surface area is 121 Å². The van der Waals surface area contributed by atoms with E-state index in [1.165, 1.54) is 6.07 Å². The summed E-state index contributed by atoms with van der Waals surface area (Å²) in [5, 5.41) is 2.43. The van der Waals surface area contributed by atoms with Gasteiger partial charge in [0.1, 0.15) is 10.8 Å². The summed E-state index contributed by atoms with van der Waals surface area (Å²) in [4.78, 5) is 10.5. The molecule has 9 heteroatoms. The van der Waals surface area contributed by atoms with Gasteiger partial charge in [-0.3, -0.25) is 4.79 Å². The molecule has 0 saturated carbocycles. The molecule has 110 valence electrons. The average Bonchev–Trinajstić information content (AvgIpc) is 2.36. The first kappa shape index (κ1) is 16.5. The molecule has 20 heavy (non-hydrogen) atoms. The van der Waals surface area contributed by atoms with Gasteiger partial charge in [0, 0.05) is 6.54 Å². The Morgan fingerprint density at radius 1 is 1.45 bits per heavy atom. The van der Waals surface area contributed by atoms with Gasteiger partial charge in [0.05, 0.1) is 17.0 Å². The van der Waals surface area contributed by atoms with E-state index in [4.69, 9.17) is 5.73 Å². The largest absolute Gasteiger partial charge is 0.389 e. The molecular weight excluding hydrogens is 305 g/mol. The number of thiocarbonyl (C=S) groups is 1. The zero-order valence-electron chi connectivity index (χ0n) is 10.6. The first-order valence-electron chi connectivity index (χ1n) is 5.64. The molecule has 0 heterocycles. The average molecular weight is 319 g/mol. The van der Waals surface area contributed by atoms with Crippen molar-refractivity contribution in [3.05, 3.63) is 29.6 Å². The van der Waals surface area contributed by atoms with Gasteiger partial charge in [-0.25, -0.2) is 17.5 Å². The number of rotatable bonds is 6. The minimum absolute atomic E-state index is 0.370. The predicted octanol–water partition coefficient (Wildman–Crippen LogP) is -0.126. The monoisotopic (exact) mass is 319 g/mol. The Bertz CT molecular complexity index is 632. The lowest BCUT2D eigenvalue weighted by Gasteiger charge is -2.11. The van der Waals surface area contributed by atoms with E-state index >= 15 is 0 Å². The minimum Gasteiger partial charge on any atom is -0.389 e. The Hall–Kier alpha value is -1.58. The fraction of sp³-hybridized carbons (Fsp3) is 0.273. The smallest absolute Gasteiger partial charge is 0.241 e. The summed E-state index contributed by atoms with van der Waals surface area (Å²) in [5.74, 6) is -1.33. The highest BCUT2D eigenvalue weighted by Gasteiger charge is 2.23. The second-order valence-electron chi connectivity index (χ2n) is 3.76. The first-order valence-corrected chi connectivity index (χ1v) is 7.53. The Morgan fingerprint density at radius 2 is 2.10 bits per heavy atom. The molecule has 1 aromatic rings.